The molecule has 1 N–H and O–H groups in total. The molecule has 0 amide bonds. The monoisotopic (exact) mass is 295 g/mol. The summed E-state index contributed by atoms with van der Waals surface area (Å²) in [6.07, 6.45) is 7.00. The molecule has 94 valence electrons. The van der Waals surface area contributed by atoms with E-state index in [0.29, 0.717) is 6.04 Å². The van der Waals surface area contributed by atoms with Gasteiger partial charge in [-0.1, -0.05) is 54.2 Å². The largest absolute Gasteiger partial charge is 0.310 e. The molecule has 0 bridgehead atoms. The van der Waals surface area contributed by atoms with E-state index in [0.717, 1.165) is 12.5 Å². The Morgan fingerprint density at radius 1 is 1.18 bits per heavy atom. The lowest BCUT2D eigenvalue weighted by Gasteiger charge is -2.31. The first kappa shape index (κ1) is 13.1. The summed E-state index contributed by atoms with van der Waals surface area (Å²) in [5.74, 6) is 0.824. The molecular formula is C15H22BrN. The van der Waals surface area contributed by atoms with Crippen LogP contribution >= 0.6 is 15.9 Å². The van der Waals surface area contributed by atoms with E-state index in [4.69, 9.17) is 0 Å². The van der Waals surface area contributed by atoms with Crippen molar-refractivity contribution in [3.8, 4) is 0 Å². The van der Waals surface area contributed by atoms with E-state index in [9.17, 15) is 0 Å². The van der Waals surface area contributed by atoms with E-state index < -0.39 is 0 Å². The molecule has 1 aromatic carbocycles. The van der Waals surface area contributed by atoms with E-state index in [2.05, 4.69) is 52.4 Å². The number of rotatable bonds is 4. The zero-order valence-electron chi connectivity index (χ0n) is 10.6. The van der Waals surface area contributed by atoms with Gasteiger partial charge >= 0.3 is 0 Å². The molecule has 1 atom stereocenters. The van der Waals surface area contributed by atoms with Gasteiger partial charge in [0.1, 0.15) is 0 Å². The highest BCUT2D eigenvalue weighted by Crippen LogP contribution is 2.34. The summed E-state index contributed by atoms with van der Waals surface area (Å²) in [7, 11) is 0. The molecule has 1 saturated carbocycles. The van der Waals surface area contributed by atoms with E-state index in [1.165, 1.54) is 42.1 Å². The van der Waals surface area contributed by atoms with Crippen LogP contribution in [-0.2, 0) is 0 Å². The Morgan fingerprint density at radius 3 is 2.41 bits per heavy atom. The predicted octanol–water partition coefficient (Wildman–Crippen LogP) is 4.68. The lowest BCUT2D eigenvalue weighted by Crippen LogP contribution is -2.29. The van der Waals surface area contributed by atoms with Gasteiger partial charge in [0.05, 0.1) is 0 Å². The van der Waals surface area contributed by atoms with Crippen LogP contribution in [0.1, 0.15) is 50.6 Å². The lowest BCUT2D eigenvalue weighted by molar-refractivity contribution is 0.274. The number of hydrogen-bond acceptors (Lipinski definition) is 1. The number of nitrogens with one attached hydrogen (secondary N) is 1. The van der Waals surface area contributed by atoms with Crippen LogP contribution in [0.2, 0.25) is 0 Å². The highest BCUT2D eigenvalue weighted by atomic mass is 79.9. The third kappa shape index (κ3) is 3.56. The molecule has 1 unspecified atom stereocenters. The van der Waals surface area contributed by atoms with Crippen molar-refractivity contribution in [1.82, 2.24) is 5.32 Å². The van der Waals surface area contributed by atoms with Crippen LogP contribution in [0.15, 0.2) is 28.7 Å². The number of benzene rings is 1. The van der Waals surface area contributed by atoms with Crippen LogP contribution in [0.25, 0.3) is 0 Å². The maximum absolute atomic E-state index is 3.67. The second kappa shape index (κ2) is 6.55. The maximum atomic E-state index is 3.67. The van der Waals surface area contributed by atoms with Crippen molar-refractivity contribution in [3.63, 3.8) is 0 Å². The van der Waals surface area contributed by atoms with E-state index in [1.54, 1.807) is 0 Å². The summed E-state index contributed by atoms with van der Waals surface area (Å²) in [4.78, 5) is 0. The standard InChI is InChI=1S/C15H22BrN/c1-2-17-15(12-6-4-3-5-7-12)13-8-10-14(16)11-9-13/h8-12,15,17H,2-7H2,1H3. The minimum Gasteiger partial charge on any atom is -0.310 e. The van der Waals surface area contributed by atoms with Gasteiger partial charge in [0.2, 0.25) is 0 Å². The Labute approximate surface area is 113 Å². The zero-order chi connectivity index (χ0) is 12.1. The molecule has 2 rings (SSSR count). The molecule has 2 heteroatoms. The van der Waals surface area contributed by atoms with E-state index in [1.807, 2.05) is 0 Å². The molecule has 1 aliphatic carbocycles. The van der Waals surface area contributed by atoms with Crippen molar-refractivity contribution < 1.29 is 0 Å². The molecule has 0 heterocycles. The zero-order valence-corrected chi connectivity index (χ0v) is 12.2. The third-order valence-corrected chi connectivity index (χ3v) is 4.30. The molecule has 1 nitrogen and oxygen atoms in total. The van der Waals surface area contributed by atoms with Gasteiger partial charge in [-0.2, -0.15) is 0 Å². The molecule has 0 aliphatic heterocycles. The van der Waals surface area contributed by atoms with Gasteiger partial charge in [0, 0.05) is 10.5 Å². The topological polar surface area (TPSA) is 12.0 Å². The number of halogens is 1. The maximum Gasteiger partial charge on any atom is 0.0348 e. The van der Waals surface area contributed by atoms with E-state index in [-0.39, 0.29) is 0 Å². The Bertz CT molecular complexity index is 327. The Balaban J connectivity index is 2.12. The van der Waals surface area contributed by atoms with Gasteiger partial charge in [-0.05, 0) is 43.0 Å². The van der Waals surface area contributed by atoms with Crippen molar-refractivity contribution in [2.45, 2.75) is 45.1 Å². The van der Waals surface area contributed by atoms with Crippen molar-refractivity contribution in [2.75, 3.05) is 6.54 Å². The Morgan fingerprint density at radius 2 is 1.82 bits per heavy atom. The molecule has 1 fully saturated rings. The first-order valence-corrected chi connectivity index (χ1v) is 7.59. The van der Waals surface area contributed by atoms with Gasteiger partial charge in [0.15, 0.2) is 0 Å². The minimum absolute atomic E-state index is 0.549. The Kier molecular flexibility index (Phi) is 5.05. The second-order valence-corrected chi connectivity index (χ2v) is 5.90. The molecule has 1 aliphatic rings. The van der Waals surface area contributed by atoms with Crippen LogP contribution in [0.3, 0.4) is 0 Å². The quantitative estimate of drug-likeness (QED) is 0.850. The van der Waals surface area contributed by atoms with Crippen molar-refractivity contribution in [1.29, 1.82) is 0 Å². The summed E-state index contributed by atoms with van der Waals surface area (Å²) in [6, 6.07) is 9.37. The average Bonchev–Trinajstić information content (AvgIpc) is 2.38. The van der Waals surface area contributed by atoms with Crippen LogP contribution < -0.4 is 5.32 Å². The highest BCUT2D eigenvalue weighted by Gasteiger charge is 2.23. The summed E-state index contributed by atoms with van der Waals surface area (Å²) in [5, 5.41) is 3.67. The fourth-order valence-corrected chi connectivity index (χ4v) is 3.18. The van der Waals surface area contributed by atoms with Crippen LogP contribution in [0, 0.1) is 5.92 Å². The molecule has 0 spiro atoms. The minimum atomic E-state index is 0.549. The van der Waals surface area contributed by atoms with Crippen LogP contribution in [0.5, 0.6) is 0 Å². The molecule has 17 heavy (non-hydrogen) atoms. The van der Waals surface area contributed by atoms with Crippen LogP contribution in [0.4, 0.5) is 0 Å². The lowest BCUT2D eigenvalue weighted by atomic mass is 9.81. The van der Waals surface area contributed by atoms with Crippen LogP contribution in [-0.4, -0.2) is 6.54 Å². The molecule has 0 radical (unpaired) electrons. The van der Waals surface area contributed by atoms with Gasteiger partial charge < -0.3 is 5.32 Å². The summed E-state index contributed by atoms with van der Waals surface area (Å²) in [6.45, 7) is 3.26. The molecule has 0 saturated heterocycles. The SMILES string of the molecule is CCNC(c1ccc(Br)cc1)C1CCCCC1. The fourth-order valence-electron chi connectivity index (χ4n) is 2.91. The third-order valence-electron chi connectivity index (χ3n) is 3.77. The number of hydrogen-bond donors (Lipinski definition) is 1. The summed E-state index contributed by atoms with van der Waals surface area (Å²) < 4.78 is 1.17. The first-order chi connectivity index (χ1) is 8.31. The second-order valence-electron chi connectivity index (χ2n) is 4.98. The van der Waals surface area contributed by atoms with Gasteiger partial charge in [-0.25, -0.2) is 0 Å². The predicted molar refractivity (Wildman–Crippen MR) is 77.1 cm³/mol. The fraction of sp³-hybridized carbons (Fsp3) is 0.600. The Hall–Kier alpha value is -0.340. The normalized spacial score (nSPS) is 19.2. The smallest absolute Gasteiger partial charge is 0.0348 e. The highest BCUT2D eigenvalue weighted by molar-refractivity contribution is 9.10. The van der Waals surface area contributed by atoms with Crippen molar-refractivity contribution in [2.24, 2.45) is 5.92 Å². The van der Waals surface area contributed by atoms with Crippen molar-refractivity contribution >= 4 is 15.9 Å². The average molecular weight is 296 g/mol. The van der Waals surface area contributed by atoms with Gasteiger partial charge in [-0.3, -0.25) is 0 Å². The van der Waals surface area contributed by atoms with Gasteiger partial charge in [0.25, 0.3) is 0 Å². The summed E-state index contributed by atoms with van der Waals surface area (Å²) in [5.41, 5.74) is 1.45. The molecule has 0 aromatic heterocycles. The van der Waals surface area contributed by atoms with Gasteiger partial charge in [-0.15, -0.1) is 0 Å². The van der Waals surface area contributed by atoms with E-state index >= 15 is 0 Å². The molecule has 1 aromatic rings. The summed E-state index contributed by atoms with van der Waals surface area (Å²) >= 11 is 3.51. The first-order valence-electron chi connectivity index (χ1n) is 6.80. The molecular weight excluding hydrogens is 274 g/mol. The van der Waals surface area contributed by atoms with Crippen molar-refractivity contribution in [3.05, 3.63) is 34.3 Å².